The van der Waals surface area contributed by atoms with Crippen molar-refractivity contribution in [2.45, 2.75) is 0 Å². The van der Waals surface area contributed by atoms with Crippen molar-refractivity contribution in [1.29, 1.82) is 0 Å². The zero-order valence-electron chi connectivity index (χ0n) is 9.40. The van der Waals surface area contributed by atoms with Gasteiger partial charge in [-0.3, -0.25) is 4.90 Å². The number of benzene rings is 1. The molecule has 16 heavy (non-hydrogen) atoms. The van der Waals surface area contributed by atoms with Gasteiger partial charge in [0.25, 0.3) is 0 Å². The molecule has 1 aromatic carbocycles. The van der Waals surface area contributed by atoms with Crippen molar-refractivity contribution in [3.05, 3.63) is 30.3 Å². The van der Waals surface area contributed by atoms with E-state index in [0.29, 0.717) is 6.54 Å². The molecule has 1 N–H and O–H groups in total. The molecule has 0 radical (unpaired) electrons. The topological polar surface area (TPSA) is 18.5 Å². The second kappa shape index (κ2) is 5.82. The van der Waals surface area contributed by atoms with E-state index in [2.05, 4.69) is 15.3 Å². The van der Waals surface area contributed by atoms with Crippen molar-refractivity contribution in [2.24, 2.45) is 0 Å². The minimum atomic E-state index is -0.244. The lowest BCUT2D eigenvalue weighted by atomic mass is 10.3. The molecule has 4 heteroatoms. The standard InChI is InChI=1S/C12H18FN3/c13-6-7-15-8-10-16(11-9-15)14-12-4-2-1-3-5-12/h1-5,14H,6-11H2. The molecule has 1 aromatic rings. The number of hydrogen-bond acceptors (Lipinski definition) is 3. The highest BCUT2D eigenvalue weighted by molar-refractivity contribution is 5.41. The Morgan fingerprint density at radius 3 is 2.38 bits per heavy atom. The van der Waals surface area contributed by atoms with Crippen LogP contribution in [-0.4, -0.2) is 49.3 Å². The van der Waals surface area contributed by atoms with Crippen molar-refractivity contribution in [3.8, 4) is 0 Å². The first-order valence-corrected chi connectivity index (χ1v) is 5.73. The molecule has 0 unspecified atom stereocenters. The summed E-state index contributed by atoms with van der Waals surface area (Å²) >= 11 is 0. The Labute approximate surface area is 95.8 Å². The van der Waals surface area contributed by atoms with Gasteiger partial charge in [0.2, 0.25) is 0 Å². The van der Waals surface area contributed by atoms with E-state index in [1.165, 1.54) is 0 Å². The molecule has 0 atom stereocenters. The van der Waals surface area contributed by atoms with Gasteiger partial charge in [-0.15, -0.1) is 0 Å². The van der Waals surface area contributed by atoms with Gasteiger partial charge in [0, 0.05) is 38.4 Å². The first kappa shape index (κ1) is 11.4. The van der Waals surface area contributed by atoms with E-state index in [1.807, 2.05) is 30.3 Å². The van der Waals surface area contributed by atoms with E-state index in [1.54, 1.807) is 0 Å². The number of nitrogens with zero attached hydrogens (tertiary/aromatic N) is 2. The second-order valence-corrected chi connectivity index (χ2v) is 4.00. The number of halogens is 1. The van der Waals surface area contributed by atoms with Crippen molar-refractivity contribution < 1.29 is 4.39 Å². The van der Waals surface area contributed by atoms with Crippen molar-refractivity contribution in [3.63, 3.8) is 0 Å². The van der Waals surface area contributed by atoms with Gasteiger partial charge in [-0.25, -0.2) is 9.40 Å². The van der Waals surface area contributed by atoms with Crippen molar-refractivity contribution >= 4 is 5.69 Å². The Morgan fingerprint density at radius 2 is 1.75 bits per heavy atom. The molecule has 3 nitrogen and oxygen atoms in total. The smallest absolute Gasteiger partial charge is 0.102 e. The van der Waals surface area contributed by atoms with Gasteiger partial charge in [0.1, 0.15) is 6.67 Å². The molecule has 0 spiro atoms. The molecule has 88 valence electrons. The average Bonchev–Trinajstić information content (AvgIpc) is 2.33. The van der Waals surface area contributed by atoms with Crippen LogP contribution >= 0.6 is 0 Å². The van der Waals surface area contributed by atoms with E-state index in [-0.39, 0.29) is 6.67 Å². The molecule has 1 aliphatic heterocycles. The minimum absolute atomic E-state index is 0.244. The third kappa shape index (κ3) is 3.18. The quantitative estimate of drug-likeness (QED) is 0.836. The summed E-state index contributed by atoms with van der Waals surface area (Å²) in [5.41, 5.74) is 4.47. The molecular formula is C12H18FN3. The second-order valence-electron chi connectivity index (χ2n) is 4.00. The molecule has 0 saturated carbocycles. The molecule has 2 rings (SSSR count). The van der Waals surface area contributed by atoms with E-state index >= 15 is 0 Å². The number of alkyl halides is 1. The third-order valence-corrected chi connectivity index (χ3v) is 2.83. The highest BCUT2D eigenvalue weighted by Crippen LogP contribution is 2.08. The van der Waals surface area contributed by atoms with Crippen molar-refractivity contribution in [2.75, 3.05) is 44.8 Å². The molecule has 1 fully saturated rings. The van der Waals surface area contributed by atoms with Gasteiger partial charge in [0.15, 0.2) is 0 Å². The zero-order valence-corrected chi connectivity index (χ0v) is 9.40. The maximum absolute atomic E-state index is 12.2. The normalized spacial score (nSPS) is 18.6. The number of para-hydroxylation sites is 1. The Balaban J connectivity index is 1.77. The predicted octanol–water partition coefficient (Wildman–Crippen LogP) is 1.60. The predicted molar refractivity (Wildman–Crippen MR) is 64.1 cm³/mol. The van der Waals surface area contributed by atoms with E-state index in [9.17, 15) is 4.39 Å². The summed E-state index contributed by atoms with van der Waals surface area (Å²) in [6, 6.07) is 10.1. The molecule has 0 aromatic heterocycles. The van der Waals surface area contributed by atoms with Gasteiger partial charge in [-0.2, -0.15) is 0 Å². The van der Waals surface area contributed by atoms with Gasteiger partial charge in [0.05, 0.1) is 0 Å². The summed E-state index contributed by atoms with van der Waals surface area (Å²) < 4.78 is 12.2. The molecule has 0 aliphatic carbocycles. The number of anilines is 1. The maximum Gasteiger partial charge on any atom is 0.102 e. The van der Waals surface area contributed by atoms with Crippen LogP contribution in [0.5, 0.6) is 0 Å². The first-order chi connectivity index (χ1) is 7.88. The number of rotatable bonds is 4. The maximum atomic E-state index is 12.2. The SMILES string of the molecule is FCCN1CCN(Nc2ccccc2)CC1. The molecule has 1 aliphatic rings. The van der Waals surface area contributed by atoms with Crippen LogP contribution < -0.4 is 5.43 Å². The lowest BCUT2D eigenvalue weighted by molar-refractivity contribution is 0.145. The number of hydrogen-bond donors (Lipinski definition) is 1. The number of piperazine rings is 1. The van der Waals surface area contributed by atoms with Crippen LogP contribution in [0.1, 0.15) is 0 Å². The Hall–Kier alpha value is -1.13. The van der Waals surface area contributed by atoms with Crippen LogP contribution in [0.4, 0.5) is 10.1 Å². The van der Waals surface area contributed by atoms with Gasteiger partial charge < -0.3 is 5.43 Å². The highest BCUT2D eigenvalue weighted by atomic mass is 19.1. The van der Waals surface area contributed by atoms with Crippen molar-refractivity contribution in [1.82, 2.24) is 9.91 Å². The van der Waals surface area contributed by atoms with Crippen LogP contribution in [0.25, 0.3) is 0 Å². The number of nitrogens with one attached hydrogen (secondary N) is 1. The summed E-state index contributed by atoms with van der Waals surface area (Å²) in [6.45, 7) is 4.07. The molecule has 1 saturated heterocycles. The fourth-order valence-electron chi connectivity index (χ4n) is 1.90. The summed E-state index contributed by atoms with van der Waals surface area (Å²) in [5.74, 6) is 0. The molecular weight excluding hydrogens is 205 g/mol. The van der Waals surface area contributed by atoms with E-state index in [4.69, 9.17) is 0 Å². The fraction of sp³-hybridized carbons (Fsp3) is 0.500. The number of hydrazine groups is 1. The van der Waals surface area contributed by atoms with Crippen LogP contribution in [0.2, 0.25) is 0 Å². The Kier molecular flexibility index (Phi) is 4.13. The van der Waals surface area contributed by atoms with Crippen LogP contribution in [-0.2, 0) is 0 Å². The van der Waals surface area contributed by atoms with E-state index in [0.717, 1.165) is 31.9 Å². The van der Waals surface area contributed by atoms with Crippen LogP contribution in [0, 0.1) is 0 Å². The van der Waals surface area contributed by atoms with E-state index < -0.39 is 0 Å². The first-order valence-electron chi connectivity index (χ1n) is 5.73. The average molecular weight is 223 g/mol. The van der Waals surface area contributed by atoms with Gasteiger partial charge >= 0.3 is 0 Å². The van der Waals surface area contributed by atoms with Gasteiger partial charge in [-0.1, -0.05) is 18.2 Å². The summed E-state index contributed by atoms with van der Waals surface area (Å²) in [5, 5.41) is 2.18. The molecule has 0 amide bonds. The van der Waals surface area contributed by atoms with Crippen LogP contribution in [0.15, 0.2) is 30.3 Å². The summed E-state index contributed by atoms with van der Waals surface area (Å²) in [4.78, 5) is 2.16. The summed E-state index contributed by atoms with van der Waals surface area (Å²) in [6.07, 6.45) is 0. The highest BCUT2D eigenvalue weighted by Gasteiger charge is 2.15. The Morgan fingerprint density at radius 1 is 1.06 bits per heavy atom. The summed E-state index contributed by atoms with van der Waals surface area (Å²) in [7, 11) is 0. The minimum Gasteiger partial charge on any atom is -0.319 e. The zero-order chi connectivity index (χ0) is 11.2. The lowest BCUT2D eigenvalue weighted by Crippen LogP contribution is -2.48. The third-order valence-electron chi connectivity index (χ3n) is 2.83. The van der Waals surface area contributed by atoms with Crippen LogP contribution in [0.3, 0.4) is 0 Å². The molecule has 1 heterocycles. The largest absolute Gasteiger partial charge is 0.319 e. The fourth-order valence-corrected chi connectivity index (χ4v) is 1.90. The Bertz CT molecular complexity index is 296. The monoisotopic (exact) mass is 223 g/mol. The lowest BCUT2D eigenvalue weighted by Gasteiger charge is -2.34. The van der Waals surface area contributed by atoms with Gasteiger partial charge in [-0.05, 0) is 12.1 Å². The molecule has 0 bridgehead atoms.